The summed E-state index contributed by atoms with van der Waals surface area (Å²) in [4.78, 5) is 26.6. The van der Waals surface area contributed by atoms with Gasteiger partial charge >= 0.3 is 0 Å². The smallest absolute Gasteiger partial charge is 0.261 e. The fourth-order valence-electron chi connectivity index (χ4n) is 3.16. The number of aryl methyl sites for hydroxylation is 1. The Hall–Kier alpha value is -2.82. The van der Waals surface area contributed by atoms with E-state index < -0.39 is 0 Å². The number of benzene rings is 2. The van der Waals surface area contributed by atoms with Crippen LogP contribution < -0.4 is 15.0 Å². The zero-order chi connectivity index (χ0) is 17.6. The third-order valence-corrected chi connectivity index (χ3v) is 4.95. The largest absolute Gasteiger partial charge is 0.454 e. The van der Waals surface area contributed by atoms with Gasteiger partial charge in [-0.1, -0.05) is 12.5 Å². The molecule has 0 spiro atoms. The average Bonchev–Trinajstić information content (AvgIpc) is 2.63. The molecule has 0 aromatic heterocycles. The maximum absolute atomic E-state index is 12.9. The minimum atomic E-state index is -0.154. The first-order valence-electron chi connectivity index (χ1n) is 8.54. The summed E-state index contributed by atoms with van der Waals surface area (Å²) in [5, 5.41) is 2.91. The van der Waals surface area contributed by atoms with Crippen molar-refractivity contribution in [3.8, 4) is 11.5 Å². The normalized spacial score (nSPS) is 16.2. The molecule has 25 heavy (non-hydrogen) atoms. The van der Waals surface area contributed by atoms with Gasteiger partial charge in [0.25, 0.3) is 5.91 Å². The third kappa shape index (κ3) is 2.76. The Labute approximate surface area is 146 Å². The summed E-state index contributed by atoms with van der Waals surface area (Å²) < 4.78 is 5.96. The fourth-order valence-corrected chi connectivity index (χ4v) is 3.16. The first-order chi connectivity index (χ1) is 12.0. The zero-order valence-electron chi connectivity index (χ0n) is 14.3. The highest BCUT2D eigenvalue weighted by atomic mass is 16.5. The van der Waals surface area contributed by atoms with Gasteiger partial charge in [-0.05, 0) is 55.7 Å². The van der Waals surface area contributed by atoms with E-state index in [1.54, 1.807) is 30.1 Å². The molecule has 4 rings (SSSR count). The molecule has 2 aromatic carbocycles. The van der Waals surface area contributed by atoms with Crippen LogP contribution in [-0.4, -0.2) is 18.9 Å². The van der Waals surface area contributed by atoms with Gasteiger partial charge in [-0.3, -0.25) is 9.59 Å². The van der Waals surface area contributed by atoms with Crippen molar-refractivity contribution in [3.05, 3.63) is 47.5 Å². The Morgan fingerprint density at radius 2 is 1.92 bits per heavy atom. The molecule has 2 aromatic rings. The zero-order valence-corrected chi connectivity index (χ0v) is 14.3. The van der Waals surface area contributed by atoms with E-state index in [1.807, 2.05) is 25.1 Å². The second-order valence-electron chi connectivity index (χ2n) is 6.77. The number of carbonyl (C=O) groups excluding carboxylic acids is 2. The minimum Gasteiger partial charge on any atom is -0.454 e. The van der Waals surface area contributed by atoms with Gasteiger partial charge in [0.1, 0.15) is 5.75 Å². The fraction of sp³-hybridized carbons (Fsp3) is 0.300. The molecule has 0 bridgehead atoms. The summed E-state index contributed by atoms with van der Waals surface area (Å²) in [6, 6.07) is 11.0. The topological polar surface area (TPSA) is 58.6 Å². The standard InChI is InChI=1S/C20H20N2O3/c1-12-6-8-18-16(10-12)22(2)20(24)15-11-14(7-9-17(15)25-18)21-19(23)13-4-3-5-13/h6-11,13H,3-5H2,1-2H3,(H,21,23). The van der Waals surface area contributed by atoms with Crippen molar-refractivity contribution in [1.29, 1.82) is 0 Å². The summed E-state index contributed by atoms with van der Waals surface area (Å²) in [6.07, 6.45) is 2.99. The van der Waals surface area contributed by atoms with Crippen molar-refractivity contribution in [2.24, 2.45) is 5.92 Å². The molecule has 1 aliphatic heterocycles. The molecule has 1 N–H and O–H groups in total. The first kappa shape index (κ1) is 15.7. The number of fused-ring (bicyclic) bond motifs is 2. The van der Waals surface area contributed by atoms with Gasteiger partial charge in [-0.15, -0.1) is 0 Å². The van der Waals surface area contributed by atoms with E-state index >= 15 is 0 Å². The van der Waals surface area contributed by atoms with E-state index in [9.17, 15) is 9.59 Å². The van der Waals surface area contributed by atoms with E-state index in [0.29, 0.717) is 22.7 Å². The van der Waals surface area contributed by atoms with Crippen LogP contribution in [0.4, 0.5) is 11.4 Å². The second kappa shape index (κ2) is 5.92. The van der Waals surface area contributed by atoms with Crippen molar-refractivity contribution < 1.29 is 14.3 Å². The number of anilines is 2. The molecular weight excluding hydrogens is 316 g/mol. The number of amides is 2. The van der Waals surface area contributed by atoms with Crippen LogP contribution in [0.15, 0.2) is 36.4 Å². The average molecular weight is 336 g/mol. The molecule has 5 nitrogen and oxygen atoms in total. The lowest BCUT2D eigenvalue weighted by molar-refractivity contribution is -0.122. The molecule has 1 saturated carbocycles. The number of carbonyl (C=O) groups is 2. The lowest BCUT2D eigenvalue weighted by Crippen LogP contribution is -2.28. The molecule has 2 amide bonds. The summed E-state index contributed by atoms with van der Waals surface area (Å²) in [7, 11) is 1.73. The molecule has 1 heterocycles. The molecule has 1 aliphatic carbocycles. The van der Waals surface area contributed by atoms with Crippen LogP contribution in [0.25, 0.3) is 0 Å². The van der Waals surface area contributed by atoms with Crippen molar-refractivity contribution in [2.45, 2.75) is 26.2 Å². The van der Waals surface area contributed by atoms with Crippen molar-refractivity contribution >= 4 is 23.2 Å². The van der Waals surface area contributed by atoms with Gasteiger partial charge in [0.05, 0.1) is 11.3 Å². The van der Waals surface area contributed by atoms with Crippen LogP contribution in [0, 0.1) is 12.8 Å². The number of nitrogens with zero attached hydrogens (tertiary/aromatic N) is 1. The predicted molar refractivity (Wildman–Crippen MR) is 96.4 cm³/mol. The monoisotopic (exact) mass is 336 g/mol. The van der Waals surface area contributed by atoms with Gasteiger partial charge in [-0.2, -0.15) is 0 Å². The predicted octanol–water partition coefficient (Wildman–Crippen LogP) is 4.12. The SMILES string of the molecule is Cc1ccc2c(c1)N(C)C(=O)c1cc(NC(=O)C3CCC3)ccc1O2. The van der Waals surface area contributed by atoms with Crippen LogP contribution in [0.2, 0.25) is 0 Å². The molecule has 128 valence electrons. The van der Waals surface area contributed by atoms with Crippen molar-refractivity contribution in [2.75, 3.05) is 17.3 Å². The van der Waals surface area contributed by atoms with Crippen LogP contribution in [0.1, 0.15) is 35.2 Å². The lowest BCUT2D eigenvalue weighted by Gasteiger charge is -2.24. The van der Waals surface area contributed by atoms with Crippen LogP contribution >= 0.6 is 0 Å². The highest BCUT2D eigenvalue weighted by molar-refractivity contribution is 6.10. The maximum atomic E-state index is 12.9. The van der Waals surface area contributed by atoms with Crippen molar-refractivity contribution in [3.63, 3.8) is 0 Å². The number of nitrogens with one attached hydrogen (secondary N) is 1. The van der Waals surface area contributed by atoms with E-state index in [1.165, 1.54) is 0 Å². The molecule has 5 heteroatoms. The number of ether oxygens (including phenoxy) is 1. The molecule has 1 fully saturated rings. The number of hydrogen-bond donors (Lipinski definition) is 1. The minimum absolute atomic E-state index is 0.0282. The molecule has 0 unspecified atom stereocenters. The van der Waals surface area contributed by atoms with Gasteiger partial charge in [0.15, 0.2) is 5.75 Å². The van der Waals surface area contributed by atoms with Gasteiger partial charge < -0.3 is 15.0 Å². The number of hydrogen-bond acceptors (Lipinski definition) is 3. The molecule has 0 saturated heterocycles. The maximum Gasteiger partial charge on any atom is 0.261 e. The van der Waals surface area contributed by atoms with Crippen LogP contribution in [-0.2, 0) is 4.79 Å². The molecule has 0 radical (unpaired) electrons. The van der Waals surface area contributed by atoms with Crippen LogP contribution in [0.3, 0.4) is 0 Å². The highest BCUT2D eigenvalue weighted by Crippen LogP contribution is 2.39. The van der Waals surface area contributed by atoms with Gasteiger partial charge in [0.2, 0.25) is 5.91 Å². The Morgan fingerprint density at radius 3 is 2.64 bits per heavy atom. The van der Waals surface area contributed by atoms with E-state index in [4.69, 9.17) is 4.74 Å². The Morgan fingerprint density at radius 1 is 1.16 bits per heavy atom. The first-order valence-corrected chi connectivity index (χ1v) is 8.54. The van der Waals surface area contributed by atoms with Crippen LogP contribution in [0.5, 0.6) is 11.5 Å². The Balaban J connectivity index is 1.67. The lowest BCUT2D eigenvalue weighted by atomic mass is 9.85. The quantitative estimate of drug-likeness (QED) is 0.897. The second-order valence-corrected chi connectivity index (χ2v) is 6.77. The number of rotatable bonds is 2. The van der Waals surface area contributed by atoms with Crippen molar-refractivity contribution in [1.82, 2.24) is 0 Å². The summed E-state index contributed by atoms with van der Waals surface area (Å²) in [5.41, 5.74) is 2.87. The molecule has 0 atom stereocenters. The highest BCUT2D eigenvalue weighted by Gasteiger charge is 2.28. The van der Waals surface area contributed by atoms with E-state index in [2.05, 4.69) is 5.32 Å². The van der Waals surface area contributed by atoms with E-state index in [0.717, 1.165) is 30.5 Å². The van der Waals surface area contributed by atoms with E-state index in [-0.39, 0.29) is 17.7 Å². The summed E-state index contributed by atoms with van der Waals surface area (Å²) in [5.74, 6) is 1.12. The summed E-state index contributed by atoms with van der Waals surface area (Å²) in [6.45, 7) is 1.98. The molecular formula is C20H20N2O3. The van der Waals surface area contributed by atoms with Gasteiger partial charge in [-0.25, -0.2) is 0 Å². The third-order valence-electron chi connectivity index (χ3n) is 4.95. The Bertz CT molecular complexity index is 871. The summed E-state index contributed by atoms with van der Waals surface area (Å²) >= 11 is 0. The van der Waals surface area contributed by atoms with Gasteiger partial charge in [0, 0.05) is 18.7 Å². The molecule has 2 aliphatic rings. The Kier molecular flexibility index (Phi) is 3.71.